The van der Waals surface area contributed by atoms with E-state index in [4.69, 9.17) is 17.2 Å². The molecule has 0 radical (unpaired) electrons. The third-order valence-corrected chi connectivity index (χ3v) is 4.48. The highest BCUT2D eigenvalue weighted by Crippen LogP contribution is 2.05. The molecule has 0 aromatic carbocycles. The van der Waals surface area contributed by atoms with Gasteiger partial charge in [-0.2, -0.15) is 12.6 Å². The standard InChI is InChI=1S/C17H30N6O7S/c1-7(2)13(17(29)30)23-15(27)9(3-4-11(19)24)21-16(28)10(6-31)22-14(26)8(18)5-12(20)25/h7-10,13,31H,3-6,18H2,1-2H3,(H2,19,24)(H2,20,25)(H,21,28)(H,22,26)(H,23,27)(H,29,30). The van der Waals surface area contributed by atoms with E-state index < -0.39 is 72.0 Å². The number of hydrogen-bond acceptors (Lipinski definition) is 8. The summed E-state index contributed by atoms with van der Waals surface area (Å²) in [6.45, 7) is 3.16. The molecule has 13 nitrogen and oxygen atoms in total. The lowest BCUT2D eigenvalue weighted by molar-refractivity contribution is -0.143. The Labute approximate surface area is 184 Å². The van der Waals surface area contributed by atoms with Gasteiger partial charge in [-0.1, -0.05) is 13.8 Å². The molecule has 0 spiro atoms. The first kappa shape index (κ1) is 28.1. The second-order valence-electron chi connectivity index (χ2n) is 7.16. The number of rotatable bonds is 14. The third kappa shape index (κ3) is 10.6. The molecule has 4 unspecified atom stereocenters. The number of aliphatic carboxylic acids is 1. The zero-order valence-electron chi connectivity index (χ0n) is 17.3. The van der Waals surface area contributed by atoms with Gasteiger partial charge in [0.2, 0.25) is 29.5 Å². The van der Waals surface area contributed by atoms with Crippen molar-refractivity contribution in [1.29, 1.82) is 0 Å². The predicted molar refractivity (Wildman–Crippen MR) is 112 cm³/mol. The molecule has 0 aromatic heterocycles. The van der Waals surface area contributed by atoms with Crippen molar-refractivity contribution >= 4 is 48.1 Å². The Balaban J connectivity index is 5.33. The minimum atomic E-state index is -1.31. The number of primary amides is 2. The predicted octanol–water partition coefficient (Wildman–Crippen LogP) is -3.42. The molecular formula is C17H30N6O7S. The van der Waals surface area contributed by atoms with Gasteiger partial charge in [0.05, 0.1) is 12.5 Å². The van der Waals surface area contributed by atoms with Crippen molar-refractivity contribution in [2.75, 3.05) is 5.75 Å². The maximum atomic E-state index is 12.6. The zero-order valence-corrected chi connectivity index (χ0v) is 18.2. The first-order chi connectivity index (χ1) is 14.3. The summed E-state index contributed by atoms with van der Waals surface area (Å²) in [5.74, 6) is -5.97. The number of nitrogens with one attached hydrogen (secondary N) is 3. The van der Waals surface area contributed by atoms with Crippen molar-refractivity contribution in [2.24, 2.45) is 23.1 Å². The molecule has 0 heterocycles. The van der Waals surface area contributed by atoms with Gasteiger partial charge < -0.3 is 38.3 Å². The number of carbonyl (C=O) groups is 6. The maximum absolute atomic E-state index is 12.6. The van der Waals surface area contributed by atoms with Gasteiger partial charge in [0.25, 0.3) is 0 Å². The van der Waals surface area contributed by atoms with Gasteiger partial charge in [-0.25, -0.2) is 4.79 Å². The summed E-state index contributed by atoms with van der Waals surface area (Å²) < 4.78 is 0. The first-order valence-electron chi connectivity index (χ1n) is 9.37. The summed E-state index contributed by atoms with van der Waals surface area (Å²) in [6.07, 6.45) is -0.910. The van der Waals surface area contributed by atoms with Crippen LogP contribution in [0.3, 0.4) is 0 Å². The fourth-order valence-corrected chi connectivity index (χ4v) is 2.63. The van der Waals surface area contributed by atoms with E-state index in [1.165, 1.54) is 0 Å². The Bertz CT molecular complexity index is 702. The number of carbonyl (C=O) groups excluding carboxylic acids is 5. The topological polar surface area (TPSA) is 237 Å². The van der Waals surface area contributed by atoms with Crippen molar-refractivity contribution in [2.45, 2.75) is 57.3 Å². The van der Waals surface area contributed by atoms with E-state index in [1.54, 1.807) is 13.8 Å². The summed E-state index contributed by atoms with van der Waals surface area (Å²) in [6, 6.07) is -5.06. The normalized spacial score (nSPS) is 14.6. The molecule has 4 atom stereocenters. The average molecular weight is 463 g/mol. The molecule has 0 rings (SSSR count). The van der Waals surface area contributed by atoms with Crippen molar-refractivity contribution < 1.29 is 33.9 Å². The van der Waals surface area contributed by atoms with Crippen LogP contribution in [0.5, 0.6) is 0 Å². The summed E-state index contributed by atoms with van der Waals surface area (Å²) in [4.78, 5) is 70.4. The molecule has 0 saturated carbocycles. The number of carboxylic acids is 1. The molecule has 31 heavy (non-hydrogen) atoms. The largest absolute Gasteiger partial charge is 0.480 e. The van der Waals surface area contributed by atoms with E-state index in [9.17, 15) is 33.9 Å². The fraction of sp³-hybridized carbons (Fsp3) is 0.647. The van der Waals surface area contributed by atoms with Crippen LogP contribution in [0.1, 0.15) is 33.1 Å². The monoisotopic (exact) mass is 462 g/mol. The van der Waals surface area contributed by atoms with Gasteiger partial charge in [-0.3, -0.25) is 24.0 Å². The highest BCUT2D eigenvalue weighted by atomic mass is 32.1. The minimum absolute atomic E-state index is 0.186. The summed E-state index contributed by atoms with van der Waals surface area (Å²) in [5.41, 5.74) is 15.6. The molecule has 0 aliphatic rings. The highest BCUT2D eigenvalue weighted by molar-refractivity contribution is 7.80. The van der Waals surface area contributed by atoms with Gasteiger partial charge in [-0.15, -0.1) is 0 Å². The number of hydrogen-bond donors (Lipinski definition) is 8. The molecule has 14 heteroatoms. The molecule has 0 aromatic rings. The quantitative estimate of drug-likeness (QED) is 0.121. The number of nitrogens with two attached hydrogens (primary N) is 3. The van der Waals surface area contributed by atoms with Crippen LogP contribution >= 0.6 is 12.6 Å². The van der Waals surface area contributed by atoms with Crippen LogP contribution in [0.2, 0.25) is 0 Å². The van der Waals surface area contributed by atoms with Crippen molar-refractivity contribution in [3.05, 3.63) is 0 Å². The van der Waals surface area contributed by atoms with Gasteiger partial charge in [0.1, 0.15) is 18.1 Å². The van der Waals surface area contributed by atoms with Crippen molar-refractivity contribution in [3.63, 3.8) is 0 Å². The lowest BCUT2D eigenvalue weighted by Crippen LogP contribution is -2.58. The molecule has 176 valence electrons. The van der Waals surface area contributed by atoms with E-state index >= 15 is 0 Å². The average Bonchev–Trinajstić information content (AvgIpc) is 2.65. The second kappa shape index (κ2) is 13.4. The van der Waals surface area contributed by atoms with Crippen molar-refractivity contribution in [1.82, 2.24) is 16.0 Å². The number of amides is 5. The van der Waals surface area contributed by atoms with E-state index in [2.05, 4.69) is 28.6 Å². The molecule has 0 bridgehead atoms. The molecule has 0 fully saturated rings. The molecule has 0 aliphatic carbocycles. The van der Waals surface area contributed by atoms with Crippen molar-refractivity contribution in [3.8, 4) is 0 Å². The maximum Gasteiger partial charge on any atom is 0.326 e. The van der Waals surface area contributed by atoms with Crippen LogP contribution in [-0.2, 0) is 28.8 Å². The Morgan fingerprint density at radius 2 is 1.39 bits per heavy atom. The Kier molecular flexibility index (Phi) is 12.2. The van der Waals surface area contributed by atoms with E-state index in [0.29, 0.717) is 0 Å². The smallest absolute Gasteiger partial charge is 0.326 e. The molecule has 0 saturated heterocycles. The van der Waals surface area contributed by atoms with E-state index in [1.807, 2.05) is 0 Å². The minimum Gasteiger partial charge on any atom is -0.480 e. The number of thiol groups is 1. The van der Waals surface area contributed by atoms with E-state index in [0.717, 1.165) is 0 Å². The van der Waals surface area contributed by atoms with Crippen LogP contribution in [-0.4, -0.2) is 70.5 Å². The Morgan fingerprint density at radius 1 is 0.871 bits per heavy atom. The molecule has 5 amide bonds. The van der Waals surface area contributed by atoms with Crippen LogP contribution in [0.4, 0.5) is 0 Å². The summed E-state index contributed by atoms with van der Waals surface area (Å²) in [7, 11) is 0. The summed E-state index contributed by atoms with van der Waals surface area (Å²) >= 11 is 3.98. The van der Waals surface area contributed by atoms with Gasteiger partial charge in [-0.05, 0) is 12.3 Å². The van der Waals surface area contributed by atoms with Crippen LogP contribution < -0.4 is 33.2 Å². The molecule has 0 aliphatic heterocycles. The lowest BCUT2D eigenvalue weighted by atomic mass is 10.0. The third-order valence-electron chi connectivity index (χ3n) is 4.12. The first-order valence-corrected chi connectivity index (χ1v) is 10.00. The Hall–Kier alpha value is -2.87. The fourth-order valence-electron chi connectivity index (χ4n) is 2.38. The molecule has 10 N–H and O–H groups in total. The van der Waals surface area contributed by atoms with Gasteiger partial charge in [0, 0.05) is 12.2 Å². The molecular weight excluding hydrogens is 432 g/mol. The van der Waals surface area contributed by atoms with Gasteiger partial charge >= 0.3 is 5.97 Å². The number of carboxylic acid groups (broad SMARTS) is 1. The van der Waals surface area contributed by atoms with Crippen LogP contribution in [0, 0.1) is 5.92 Å². The van der Waals surface area contributed by atoms with Crippen LogP contribution in [0.25, 0.3) is 0 Å². The highest BCUT2D eigenvalue weighted by Gasteiger charge is 2.31. The lowest BCUT2D eigenvalue weighted by Gasteiger charge is -2.25. The van der Waals surface area contributed by atoms with Gasteiger partial charge in [0.15, 0.2) is 0 Å². The van der Waals surface area contributed by atoms with Crippen LogP contribution in [0.15, 0.2) is 0 Å². The second-order valence-corrected chi connectivity index (χ2v) is 7.52. The Morgan fingerprint density at radius 3 is 1.81 bits per heavy atom. The van der Waals surface area contributed by atoms with E-state index in [-0.39, 0.29) is 18.6 Å². The SMILES string of the molecule is CC(C)C(NC(=O)C(CCC(N)=O)NC(=O)C(CS)NC(=O)C(N)CC(N)=O)C(=O)O. The zero-order chi connectivity index (χ0) is 24.3. The summed E-state index contributed by atoms with van der Waals surface area (Å²) in [5, 5.41) is 16.2.